The molecule has 1 aromatic rings. The minimum absolute atomic E-state index is 0.177. The first-order valence-electron chi connectivity index (χ1n) is 6.14. The standard InChI is InChI=1S/C14H20FNO3/c1-10-5-6-12(11(15)9-10)18-8-7-16-13(17)19-14(2,3)4/h5-6,9H,7-8H2,1-4H3,(H,16,17). The molecule has 0 atom stereocenters. The summed E-state index contributed by atoms with van der Waals surface area (Å²) < 4.78 is 23.7. The molecule has 1 amide bonds. The van der Waals surface area contributed by atoms with Gasteiger partial charge < -0.3 is 14.8 Å². The Labute approximate surface area is 112 Å². The van der Waals surface area contributed by atoms with Crippen molar-refractivity contribution < 1.29 is 18.7 Å². The van der Waals surface area contributed by atoms with E-state index in [9.17, 15) is 9.18 Å². The largest absolute Gasteiger partial charge is 0.489 e. The molecule has 0 saturated heterocycles. The van der Waals surface area contributed by atoms with Crippen LogP contribution in [-0.2, 0) is 4.74 Å². The maximum Gasteiger partial charge on any atom is 0.407 e. The van der Waals surface area contributed by atoms with Crippen LogP contribution in [0.3, 0.4) is 0 Å². The number of nitrogens with one attached hydrogen (secondary N) is 1. The van der Waals surface area contributed by atoms with Crippen molar-refractivity contribution in [3.05, 3.63) is 29.6 Å². The van der Waals surface area contributed by atoms with Gasteiger partial charge in [-0.2, -0.15) is 0 Å². The average Bonchev–Trinajstić information content (AvgIpc) is 2.24. The second-order valence-corrected chi connectivity index (χ2v) is 5.21. The number of carbonyl (C=O) groups is 1. The smallest absolute Gasteiger partial charge is 0.407 e. The van der Waals surface area contributed by atoms with E-state index >= 15 is 0 Å². The molecule has 0 aromatic heterocycles. The van der Waals surface area contributed by atoms with Crippen LogP contribution in [-0.4, -0.2) is 24.8 Å². The van der Waals surface area contributed by atoms with E-state index in [1.54, 1.807) is 39.8 Å². The number of carbonyl (C=O) groups excluding carboxylic acids is 1. The van der Waals surface area contributed by atoms with Crippen molar-refractivity contribution in [2.24, 2.45) is 0 Å². The highest BCUT2D eigenvalue weighted by Crippen LogP contribution is 2.17. The molecule has 5 heteroatoms. The zero-order chi connectivity index (χ0) is 14.5. The van der Waals surface area contributed by atoms with Crippen LogP contribution in [0.1, 0.15) is 26.3 Å². The van der Waals surface area contributed by atoms with Gasteiger partial charge in [-0.25, -0.2) is 9.18 Å². The number of aryl methyl sites for hydroxylation is 1. The van der Waals surface area contributed by atoms with Gasteiger partial charge in [0, 0.05) is 0 Å². The van der Waals surface area contributed by atoms with Gasteiger partial charge in [0.25, 0.3) is 0 Å². The summed E-state index contributed by atoms with van der Waals surface area (Å²) in [5, 5.41) is 2.53. The second-order valence-electron chi connectivity index (χ2n) is 5.21. The lowest BCUT2D eigenvalue weighted by molar-refractivity contribution is 0.0520. The fourth-order valence-corrected chi connectivity index (χ4v) is 1.35. The molecule has 0 unspecified atom stereocenters. The van der Waals surface area contributed by atoms with E-state index in [0.717, 1.165) is 5.56 Å². The summed E-state index contributed by atoms with van der Waals surface area (Å²) in [6, 6.07) is 4.73. The highest BCUT2D eigenvalue weighted by atomic mass is 19.1. The van der Waals surface area contributed by atoms with E-state index in [-0.39, 0.29) is 18.9 Å². The minimum atomic E-state index is -0.534. The van der Waals surface area contributed by atoms with Crippen LogP contribution in [0.2, 0.25) is 0 Å². The molecule has 1 rings (SSSR count). The fourth-order valence-electron chi connectivity index (χ4n) is 1.35. The molecule has 0 aliphatic carbocycles. The number of alkyl carbamates (subject to hydrolysis) is 1. The summed E-state index contributed by atoms with van der Waals surface area (Å²) in [5.41, 5.74) is 0.297. The van der Waals surface area contributed by atoms with E-state index in [1.807, 2.05) is 0 Å². The van der Waals surface area contributed by atoms with Crippen LogP contribution in [0.25, 0.3) is 0 Å². The molecule has 19 heavy (non-hydrogen) atoms. The first-order chi connectivity index (χ1) is 8.78. The van der Waals surface area contributed by atoms with Crippen LogP contribution < -0.4 is 10.1 Å². The molecule has 106 valence electrons. The predicted octanol–water partition coefficient (Wildman–Crippen LogP) is 3.04. The molecule has 0 spiro atoms. The number of halogens is 1. The van der Waals surface area contributed by atoms with Gasteiger partial charge in [0.05, 0.1) is 6.54 Å². The van der Waals surface area contributed by atoms with Gasteiger partial charge in [0.2, 0.25) is 0 Å². The highest BCUT2D eigenvalue weighted by molar-refractivity contribution is 5.67. The van der Waals surface area contributed by atoms with Crippen LogP contribution in [0.5, 0.6) is 5.75 Å². The molecule has 0 heterocycles. The summed E-state index contributed by atoms with van der Waals surface area (Å²) in [4.78, 5) is 11.3. The fraction of sp³-hybridized carbons (Fsp3) is 0.500. The maximum absolute atomic E-state index is 13.4. The lowest BCUT2D eigenvalue weighted by Crippen LogP contribution is -2.34. The summed E-state index contributed by atoms with van der Waals surface area (Å²) in [6.45, 7) is 7.58. The van der Waals surface area contributed by atoms with E-state index in [0.29, 0.717) is 0 Å². The third-order valence-electron chi connectivity index (χ3n) is 2.12. The Balaban J connectivity index is 2.29. The van der Waals surface area contributed by atoms with Gasteiger partial charge in [-0.3, -0.25) is 0 Å². The summed E-state index contributed by atoms with van der Waals surface area (Å²) in [7, 11) is 0. The van der Waals surface area contributed by atoms with Gasteiger partial charge in [-0.1, -0.05) is 6.07 Å². The molecule has 0 saturated carbocycles. The van der Waals surface area contributed by atoms with Crippen LogP contribution >= 0.6 is 0 Å². The number of hydrogen-bond acceptors (Lipinski definition) is 3. The highest BCUT2D eigenvalue weighted by Gasteiger charge is 2.15. The third-order valence-corrected chi connectivity index (χ3v) is 2.12. The normalized spacial score (nSPS) is 11.0. The first kappa shape index (κ1) is 15.3. The Morgan fingerprint density at radius 1 is 1.37 bits per heavy atom. The SMILES string of the molecule is Cc1ccc(OCCNC(=O)OC(C)(C)C)c(F)c1. The molecule has 1 N–H and O–H groups in total. The second kappa shape index (κ2) is 6.41. The zero-order valence-electron chi connectivity index (χ0n) is 11.7. The molecule has 0 radical (unpaired) electrons. The van der Waals surface area contributed by atoms with E-state index in [2.05, 4.69) is 5.32 Å². The molecule has 0 bridgehead atoms. The number of benzene rings is 1. The lowest BCUT2D eigenvalue weighted by Gasteiger charge is -2.19. The number of ether oxygens (including phenoxy) is 2. The number of rotatable bonds is 4. The Morgan fingerprint density at radius 3 is 2.63 bits per heavy atom. The van der Waals surface area contributed by atoms with Crippen molar-refractivity contribution in [1.82, 2.24) is 5.32 Å². The topological polar surface area (TPSA) is 47.6 Å². The van der Waals surface area contributed by atoms with Gasteiger partial charge in [0.1, 0.15) is 12.2 Å². The molecular weight excluding hydrogens is 249 g/mol. The van der Waals surface area contributed by atoms with Crippen molar-refractivity contribution in [3.63, 3.8) is 0 Å². The Hall–Kier alpha value is -1.78. The molecule has 4 nitrogen and oxygen atoms in total. The predicted molar refractivity (Wildman–Crippen MR) is 70.9 cm³/mol. The summed E-state index contributed by atoms with van der Waals surface area (Å²) >= 11 is 0. The van der Waals surface area contributed by atoms with Crippen LogP contribution in [0, 0.1) is 12.7 Å². The zero-order valence-corrected chi connectivity index (χ0v) is 11.7. The van der Waals surface area contributed by atoms with E-state index in [4.69, 9.17) is 9.47 Å². The summed E-state index contributed by atoms with van der Waals surface area (Å²) in [6.07, 6.45) is -0.513. The monoisotopic (exact) mass is 269 g/mol. The van der Waals surface area contributed by atoms with E-state index in [1.165, 1.54) is 6.07 Å². The molecule has 0 fully saturated rings. The van der Waals surface area contributed by atoms with Gasteiger partial charge >= 0.3 is 6.09 Å². The van der Waals surface area contributed by atoms with Crippen LogP contribution in [0.15, 0.2) is 18.2 Å². The van der Waals surface area contributed by atoms with Crippen molar-refractivity contribution in [2.45, 2.75) is 33.3 Å². The Kier molecular flexibility index (Phi) is 5.15. The quantitative estimate of drug-likeness (QED) is 0.855. The van der Waals surface area contributed by atoms with Gasteiger partial charge in [-0.15, -0.1) is 0 Å². The average molecular weight is 269 g/mol. The van der Waals surface area contributed by atoms with Crippen molar-refractivity contribution >= 4 is 6.09 Å². The number of amides is 1. The maximum atomic E-state index is 13.4. The van der Waals surface area contributed by atoms with E-state index < -0.39 is 17.5 Å². The van der Waals surface area contributed by atoms with Gasteiger partial charge in [-0.05, 0) is 45.4 Å². The lowest BCUT2D eigenvalue weighted by atomic mass is 10.2. The van der Waals surface area contributed by atoms with Crippen molar-refractivity contribution in [1.29, 1.82) is 0 Å². The Morgan fingerprint density at radius 2 is 2.05 bits per heavy atom. The Bertz CT molecular complexity index is 441. The minimum Gasteiger partial charge on any atom is -0.489 e. The first-order valence-corrected chi connectivity index (χ1v) is 6.14. The van der Waals surface area contributed by atoms with Gasteiger partial charge in [0.15, 0.2) is 11.6 Å². The number of hydrogen-bond donors (Lipinski definition) is 1. The molecule has 1 aromatic carbocycles. The molecular formula is C14H20FNO3. The summed E-state index contributed by atoms with van der Waals surface area (Å²) in [5.74, 6) is -0.228. The molecule has 0 aliphatic rings. The molecule has 0 aliphatic heterocycles. The van der Waals surface area contributed by atoms with Crippen molar-refractivity contribution in [2.75, 3.05) is 13.2 Å². The third kappa shape index (κ3) is 6.08. The van der Waals surface area contributed by atoms with Crippen LogP contribution in [0.4, 0.5) is 9.18 Å². The van der Waals surface area contributed by atoms with Crippen molar-refractivity contribution in [3.8, 4) is 5.75 Å².